The van der Waals surface area contributed by atoms with Crippen molar-refractivity contribution in [2.24, 2.45) is 0 Å². The second-order valence-corrected chi connectivity index (χ2v) is 17.0. The zero-order chi connectivity index (χ0) is 40.3. The summed E-state index contributed by atoms with van der Waals surface area (Å²) >= 11 is 1.89. The number of para-hydroxylation sites is 3. The van der Waals surface area contributed by atoms with Gasteiger partial charge < -0.3 is 4.90 Å². The fourth-order valence-corrected chi connectivity index (χ4v) is 11.4. The highest BCUT2D eigenvalue weighted by molar-refractivity contribution is 7.99. The Morgan fingerprint density at radius 3 is 1.82 bits per heavy atom. The number of allylic oxidation sites excluding steroid dienone is 1. The summed E-state index contributed by atoms with van der Waals surface area (Å²) in [4.78, 5) is 7.46. The zero-order valence-electron chi connectivity index (χ0n) is 33.5. The third kappa shape index (κ3) is 5.52. The lowest BCUT2D eigenvalue weighted by Crippen LogP contribution is -2.28. The molecule has 1 aliphatic heterocycles. The van der Waals surface area contributed by atoms with Crippen LogP contribution in [0.2, 0.25) is 0 Å². The lowest BCUT2D eigenvalue weighted by molar-refractivity contribution is 0.768. The maximum Gasteiger partial charge on any atom is 0.137 e. The highest BCUT2D eigenvalue weighted by Crippen LogP contribution is 2.58. The van der Waals surface area contributed by atoms with Gasteiger partial charge in [-0.2, -0.15) is 0 Å². The molecule has 0 amide bonds. The van der Waals surface area contributed by atoms with E-state index < -0.39 is 5.41 Å². The van der Waals surface area contributed by atoms with Gasteiger partial charge >= 0.3 is 0 Å². The molecular formula is C57H41N3S. The lowest BCUT2D eigenvalue weighted by atomic mass is 9.67. The number of anilines is 6. The summed E-state index contributed by atoms with van der Waals surface area (Å²) in [7, 11) is 0. The Hall–Kier alpha value is -7.27. The smallest absolute Gasteiger partial charge is 0.137 e. The van der Waals surface area contributed by atoms with Gasteiger partial charge in [0, 0.05) is 44.6 Å². The minimum atomic E-state index is -0.490. The summed E-state index contributed by atoms with van der Waals surface area (Å²) in [5, 5.41) is 0. The van der Waals surface area contributed by atoms with E-state index in [-0.39, 0.29) is 0 Å². The first-order valence-electron chi connectivity index (χ1n) is 21.2. The summed E-state index contributed by atoms with van der Waals surface area (Å²) in [6, 6.07) is 77.9. The molecule has 0 saturated heterocycles. The van der Waals surface area contributed by atoms with Gasteiger partial charge in [0.2, 0.25) is 0 Å². The van der Waals surface area contributed by atoms with E-state index in [9.17, 15) is 0 Å². The maximum atomic E-state index is 2.51. The first-order chi connectivity index (χ1) is 30.3. The highest BCUT2D eigenvalue weighted by Gasteiger charge is 2.46. The standard InChI is InChI=1S/C57H41N3S/c1-5-19-40(20-6-1)57(41-21-7-2-8-22-41)50-29-15-13-27-47(50)48-38-37-46(39-51(48)57)58(42-23-9-3-10-24-42)44-33-35-45(36-34-44)60-53-31-17-18-32-54(53)61-55-49-28-14-16-30-52(49)59(56(55)60)43-25-11-4-12-26-43/h1-15,17-29,31-39H,16,30H2. The van der Waals surface area contributed by atoms with Crippen LogP contribution in [0.4, 0.5) is 34.3 Å². The van der Waals surface area contributed by atoms with Gasteiger partial charge in [-0.1, -0.05) is 163 Å². The normalized spacial score (nSPS) is 14.1. The summed E-state index contributed by atoms with van der Waals surface area (Å²) < 4.78 is 2.51. The average molecular weight is 800 g/mol. The van der Waals surface area contributed by atoms with Gasteiger partial charge in [0.15, 0.2) is 0 Å². The lowest BCUT2D eigenvalue weighted by Gasteiger charge is -2.35. The van der Waals surface area contributed by atoms with E-state index in [1.807, 2.05) is 11.8 Å². The van der Waals surface area contributed by atoms with E-state index in [4.69, 9.17) is 0 Å². The quantitative estimate of drug-likeness (QED) is 0.159. The fraction of sp³-hybridized carbons (Fsp3) is 0.0526. The van der Waals surface area contributed by atoms with Crippen LogP contribution in [0, 0.1) is 0 Å². The van der Waals surface area contributed by atoms with Crippen LogP contribution in [0.1, 0.15) is 39.9 Å². The van der Waals surface area contributed by atoms with Crippen LogP contribution in [0.15, 0.2) is 228 Å². The maximum absolute atomic E-state index is 2.51. The summed E-state index contributed by atoms with van der Waals surface area (Å²) in [5.41, 5.74) is 16.7. The number of aromatic nitrogens is 1. The van der Waals surface area contributed by atoms with Gasteiger partial charge in [-0.25, -0.2) is 0 Å². The third-order valence-corrected chi connectivity index (χ3v) is 13.9. The molecule has 0 N–H and O–H groups in total. The van der Waals surface area contributed by atoms with Crippen molar-refractivity contribution in [3.05, 3.63) is 252 Å². The summed E-state index contributed by atoms with van der Waals surface area (Å²) in [6.45, 7) is 0. The first-order valence-corrected chi connectivity index (χ1v) is 22.0. The van der Waals surface area contributed by atoms with Crippen LogP contribution in [0.5, 0.6) is 0 Å². The summed E-state index contributed by atoms with van der Waals surface area (Å²) in [5.74, 6) is 1.20. The Bertz CT molecular complexity index is 3060. The SMILES string of the molecule is C1=Cc2c3c(n(-c4ccccc4)c2CC1)N(c1ccc(N(c2ccccc2)c2ccc4c(c2)C(c2ccccc2)(c2ccccc2)c2ccccc2-4)cc1)c1ccccc1S3. The van der Waals surface area contributed by atoms with Crippen LogP contribution in [-0.4, -0.2) is 4.57 Å². The van der Waals surface area contributed by atoms with E-state index in [1.54, 1.807) is 0 Å². The molecule has 3 aliphatic rings. The van der Waals surface area contributed by atoms with Crippen molar-refractivity contribution in [3.63, 3.8) is 0 Å². The molecule has 1 aromatic heterocycles. The predicted octanol–water partition coefficient (Wildman–Crippen LogP) is 15.2. The molecular weight excluding hydrogens is 759 g/mol. The number of hydrogen-bond donors (Lipinski definition) is 0. The molecule has 2 aliphatic carbocycles. The Kier molecular flexibility index (Phi) is 8.46. The molecule has 3 nitrogen and oxygen atoms in total. The van der Waals surface area contributed by atoms with Crippen molar-refractivity contribution < 1.29 is 0 Å². The molecule has 290 valence electrons. The second-order valence-electron chi connectivity index (χ2n) is 16.0. The molecule has 0 saturated carbocycles. The van der Waals surface area contributed by atoms with Crippen molar-refractivity contribution in [1.29, 1.82) is 0 Å². The number of benzene rings is 8. The Morgan fingerprint density at radius 2 is 1.08 bits per heavy atom. The minimum absolute atomic E-state index is 0.490. The minimum Gasteiger partial charge on any atom is -0.310 e. The van der Waals surface area contributed by atoms with Crippen LogP contribution in [-0.2, 0) is 11.8 Å². The molecule has 0 radical (unpaired) electrons. The Labute approximate surface area is 361 Å². The van der Waals surface area contributed by atoms with Gasteiger partial charge in [0.05, 0.1) is 16.0 Å². The Morgan fingerprint density at radius 1 is 0.492 bits per heavy atom. The predicted molar refractivity (Wildman–Crippen MR) is 254 cm³/mol. The molecule has 9 aromatic rings. The van der Waals surface area contributed by atoms with E-state index in [0.717, 1.165) is 35.6 Å². The van der Waals surface area contributed by atoms with E-state index in [2.05, 4.69) is 239 Å². The highest BCUT2D eigenvalue weighted by atomic mass is 32.2. The van der Waals surface area contributed by atoms with E-state index >= 15 is 0 Å². The largest absolute Gasteiger partial charge is 0.310 e. The summed E-state index contributed by atoms with van der Waals surface area (Å²) in [6.07, 6.45) is 6.72. The second kappa shape index (κ2) is 14.5. The number of nitrogens with zero attached hydrogens (tertiary/aromatic N) is 3. The average Bonchev–Trinajstić information content (AvgIpc) is 3.82. The monoisotopic (exact) mass is 799 g/mol. The third-order valence-electron chi connectivity index (χ3n) is 12.7. The van der Waals surface area contributed by atoms with Crippen LogP contribution in [0.3, 0.4) is 0 Å². The molecule has 0 bridgehead atoms. The van der Waals surface area contributed by atoms with Crippen molar-refractivity contribution in [2.45, 2.75) is 28.0 Å². The van der Waals surface area contributed by atoms with Gasteiger partial charge in [0.1, 0.15) is 5.82 Å². The molecule has 2 heterocycles. The molecule has 8 aromatic carbocycles. The van der Waals surface area contributed by atoms with Crippen LogP contribution in [0.25, 0.3) is 22.9 Å². The molecule has 12 rings (SSSR count). The van der Waals surface area contributed by atoms with Gasteiger partial charge in [-0.15, -0.1) is 0 Å². The zero-order valence-corrected chi connectivity index (χ0v) is 34.3. The van der Waals surface area contributed by atoms with Gasteiger partial charge in [-0.3, -0.25) is 9.47 Å². The van der Waals surface area contributed by atoms with Crippen molar-refractivity contribution >= 4 is 52.1 Å². The molecule has 0 fully saturated rings. The fourth-order valence-electron chi connectivity index (χ4n) is 10.2. The molecule has 4 heteroatoms. The van der Waals surface area contributed by atoms with E-state index in [0.29, 0.717) is 0 Å². The van der Waals surface area contributed by atoms with Crippen molar-refractivity contribution in [1.82, 2.24) is 4.57 Å². The van der Waals surface area contributed by atoms with Crippen LogP contribution >= 0.6 is 11.8 Å². The molecule has 61 heavy (non-hydrogen) atoms. The number of hydrogen-bond acceptors (Lipinski definition) is 3. The Balaban J connectivity index is 1.04. The number of rotatable bonds is 7. The van der Waals surface area contributed by atoms with Crippen LogP contribution < -0.4 is 9.80 Å². The van der Waals surface area contributed by atoms with Gasteiger partial charge in [0.25, 0.3) is 0 Å². The molecule has 0 atom stereocenters. The van der Waals surface area contributed by atoms with Gasteiger partial charge in [-0.05, 0) is 119 Å². The van der Waals surface area contributed by atoms with Crippen molar-refractivity contribution in [2.75, 3.05) is 9.80 Å². The number of fused-ring (bicyclic) bond motifs is 7. The van der Waals surface area contributed by atoms with Crippen molar-refractivity contribution in [3.8, 4) is 16.8 Å². The van der Waals surface area contributed by atoms with E-state index in [1.165, 1.54) is 71.6 Å². The molecule has 0 unspecified atom stereocenters. The molecule has 0 spiro atoms. The first kappa shape index (κ1) is 35.7. The topological polar surface area (TPSA) is 11.4 Å².